The molecule has 1 unspecified atom stereocenters. The monoisotopic (exact) mass is 148 g/mol. The Hall–Kier alpha value is -1.51. The van der Waals surface area contributed by atoms with E-state index in [0.717, 1.165) is 5.69 Å². The molecule has 3 nitrogen and oxygen atoms in total. The minimum atomic E-state index is -0.101. The first-order valence-electron chi connectivity index (χ1n) is 3.44. The Morgan fingerprint density at radius 3 is 3.09 bits per heavy atom. The summed E-state index contributed by atoms with van der Waals surface area (Å²) < 4.78 is 5.18. The molecule has 1 aliphatic rings. The van der Waals surface area contributed by atoms with E-state index in [0.29, 0.717) is 0 Å². The van der Waals surface area contributed by atoms with E-state index in [-0.39, 0.29) is 6.23 Å². The van der Waals surface area contributed by atoms with E-state index in [1.165, 1.54) is 0 Å². The van der Waals surface area contributed by atoms with Gasteiger partial charge in [0.15, 0.2) is 0 Å². The second-order valence-corrected chi connectivity index (χ2v) is 2.24. The number of nitrogens with one attached hydrogen (secondary N) is 1. The van der Waals surface area contributed by atoms with E-state index in [4.69, 9.17) is 4.74 Å². The molecule has 56 valence electrons. The summed E-state index contributed by atoms with van der Waals surface area (Å²) in [5, 5.41) is 3.01. The van der Waals surface area contributed by atoms with Crippen molar-refractivity contribution in [3.05, 3.63) is 42.6 Å². The zero-order valence-corrected chi connectivity index (χ0v) is 5.90. The average Bonchev–Trinajstić information content (AvgIpc) is 2.58. The van der Waals surface area contributed by atoms with Crippen LogP contribution in [-0.4, -0.2) is 4.98 Å². The number of aromatic nitrogens is 1. The molecule has 0 aromatic carbocycles. The molecule has 0 amide bonds. The Bertz CT molecular complexity index is 250. The summed E-state index contributed by atoms with van der Waals surface area (Å²) in [6.45, 7) is 0. The van der Waals surface area contributed by atoms with Gasteiger partial charge < -0.3 is 10.1 Å². The maximum absolute atomic E-state index is 5.18. The van der Waals surface area contributed by atoms with Crippen LogP contribution in [0.3, 0.4) is 0 Å². The van der Waals surface area contributed by atoms with Gasteiger partial charge in [0, 0.05) is 12.4 Å². The van der Waals surface area contributed by atoms with Crippen LogP contribution in [-0.2, 0) is 4.74 Å². The summed E-state index contributed by atoms with van der Waals surface area (Å²) in [5.74, 6) is 0. The number of pyridine rings is 1. The lowest BCUT2D eigenvalue weighted by atomic mass is 10.3. The van der Waals surface area contributed by atoms with Crippen LogP contribution in [0.2, 0.25) is 0 Å². The van der Waals surface area contributed by atoms with Crippen molar-refractivity contribution in [2.45, 2.75) is 6.23 Å². The molecule has 0 bridgehead atoms. The summed E-state index contributed by atoms with van der Waals surface area (Å²) in [6.07, 6.45) is 5.04. The lowest BCUT2D eigenvalue weighted by Crippen LogP contribution is -2.12. The van der Waals surface area contributed by atoms with E-state index in [2.05, 4.69) is 10.3 Å². The summed E-state index contributed by atoms with van der Waals surface area (Å²) >= 11 is 0. The van der Waals surface area contributed by atoms with Gasteiger partial charge in [-0.1, -0.05) is 6.07 Å². The summed E-state index contributed by atoms with van der Waals surface area (Å²) in [6, 6.07) is 5.74. The van der Waals surface area contributed by atoms with Crippen molar-refractivity contribution in [1.82, 2.24) is 10.3 Å². The highest BCUT2D eigenvalue weighted by Gasteiger charge is 2.12. The fraction of sp³-hybridized carbons (Fsp3) is 0.125. The van der Waals surface area contributed by atoms with Crippen molar-refractivity contribution in [3.63, 3.8) is 0 Å². The number of ether oxygens (including phenoxy) is 1. The Balaban J connectivity index is 2.17. The Morgan fingerprint density at radius 1 is 1.45 bits per heavy atom. The third kappa shape index (κ3) is 1.17. The van der Waals surface area contributed by atoms with Crippen molar-refractivity contribution >= 4 is 0 Å². The van der Waals surface area contributed by atoms with Crippen LogP contribution in [0.15, 0.2) is 36.9 Å². The number of hydrogen-bond acceptors (Lipinski definition) is 3. The van der Waals surface area contributed by atoms with Crippen LogP contribution in [0.1, 0.15) is 11.9 Å². The quantitative estimate of drug-likeness (QED) is 0.649. The predicted octanol–water partition coefficient (Wildman–Crippen LogP) is 1.17. The van der Waals surface area contributed by atoms with Gasteiger partial charge in [0.25, 0.3) is 0 Å². The number of nitrogens with zero attached hydrogens (tertiary/aromatic N) is 1. The van der Waals surface area contributed by atoms with Crippen molar-refractivity contribution in [3.8, 4) is 0 Å². The van der Waals surface area contributed by atoms with Gasteiger partial charge in [-0.15, -0.1) is 0 Å². The molecule has 0 radical (unpaired) electrons. The maximum Gasteiger partial charge on any atom is 0.212 e. The van der Waals surface area contributed by atoms with Gasteiger partial charge >= 0.3 is 0 Å². The molecule has 3 heteroatoms. The maximum atomic E-state index is 5.18. The van der Waals surface area contributed by atoms with Crippen molar-refractivity contribution in [1.29, 1.82) is 0 Å². The first kappa shape index (κ1) is 6.22. The van der Waals surface area contributed by atoms with E-state index in [1.54, 1.807) is 18.7 Å². The Labute approximate surface area is 64.7 Å². The van der Waals surface area contributed by atoms with Crippen molar-refractivity contribution in [2.75, 3.05) is 0 Å². The van der Waals surface area contributed by atoms with Gasteiger partial charge in [-0.2, -0.15) is 0 Å². The molecule has 1 atom stereocenters. The van der Waals surface area contributed by atoms with Crippen LogP contribution in [0, 0.1) is 0 Å². The van der Waals surface area contributed by atoms with Gasteiger partial charge in [-0.25, -0.2) is 0 Å². The molecule has 1 aromatic heterocycles. The fourth-order valence-electron chi connectivity index (χ4n) is 0.970. The third-order valence-corrected chi connectivity index (χ3v) is 1.49. The fourth-order valence-corrected chi connectivity index (χ4v) is 0.970. The lowest BCUT2D eigenvalue weighted by Gasteiger charge is -2.08. The molecule has 1 N–H and O–H groups in total. The highest BCUT2D eigenvalue weighted by atomic mass is 16.5. The van der Waals surface area contributed by atoms with Gasteiger partial charge in [0.2, 0.25) is 6.23 Å². The predicted molar refractivity (Wildman–Crippen MR) is 40.3 cm³/mol. The summed E-state index contributed by atoms with van der Waals surface area (Å²) in [7, 11) is 0. The zero-order chi connectivity index (χ0) is 7.52. The van der Waals surface area contributed by atoms with Crippen LogP contribution in [0.5, 0.6) is 0 Å². The third-order valence-electron chi connectivity index (χ3n) is 1.49. The molecule has 0 saturated heterocycles. The van der Waals surface area contributed by atoms with Gasteiger partial charge in [-0.3, -0.25) is 4.98 Å². The van der Waals surface area contributed by atoms with Crippen LogP contribution in [0.25, 0.3) is 0 Å². The highest BCUT2D eigenvalue weighted by molar-refractivity contribution is 5.08. The molecular weight excluding hydrogens is 140 g/mol. The average molecular weight is 148 g/mol. The molecule has 0 saturated carbocycles. The first-order valence-corrected chi connectivity index (χ1v) is 3.44. The van der Waals surface area contributed by atoms with Gasteiger partial charge in [-0.05, 0) is 12.1 Å². The van der Waals surface area contributed by atoms with Crippen molar-refractivity contribution < 1.29 is 4.74 Å². The molecule has 2 heterocycles. The lowest BCUT2D eigenvalue weighted by molar-refractivity contribution is 0.150. The smallest absolute Gasteiger partial charge is 0.212 e. The second kappa shape index (κ2) is 2.62. The standard InChI is InChI=1S/C8H8N2O/c1-2-4-9-7(3-1)8-10-5-6-11-8/h1-6,8,10H. The van der Waals surface area contributed by atoms with E-state index < -0.39 is 0 Å². The van der Waals surface area contributed by atoms with E-state index in [9.17, 15) is 0 Å². The summed E-state index contributed by atoms with van der Waals surface area (Å²) in [5.41, 5.74) is 0.900. The molecule has 0 spiro atoms. The van der Waals surface area contributed by atoms with Crippen LogP contribution < -0.4 is 5.32 Å². The van der Waals surface area contributed by atoms with E-state index in [1.807, 2.05) is 18.2 Å². The molecule has 1 aromatic rings. The highest BCUT2D eigenvalue weighted by Crippen LogP contribution is 2.14. The van der Waals surface area contributed by atoms with Gasteiger partial charge in [0.1, 0.15) is 12.0 Å². The van der Waals surface area contributed by atoms with Crippen LogP contribution >= 0.6 is 0 Å². The minimum Gasteiger partial charge on any atom is -0.471 e. The molecule has 11 heavy (non-hydrogen) atoms. The number of rotatable bonds is 1. The normalized spacial score (nSPS) is 20.9. The zero-order valence-electron chi connectivity index (χ0n) is 5.90. The molecule has 0 aliphatic carbocycles. The summed E-state index contributed by atoms with van der Waals surface area (Å²) in [4.78, 5) is 4.13. The molecule has 1 aliphatic heterocycles. The van der Waals surface area contributed by atoms with Crippen LogP contribution in [0.4, 0.5) is 0 Å². The number of hydrogen-bond donors (Lipinski definition) is 1. The second-order valence-electron chi connectivity index (χ2n) is 2.24. The van der Waals surface area contributed by atoms with Gasteiger partial charge in [0.05, 0.1) is 0 Å². The van der Waals surface area contributed by atoms with Crippen molar-refractivity contribution in [2.24, 2.45) is 0 Å². The first-order chi connectivity index (χ1) is 5.47. The molecule has 2 rings (SSSR count). The Kier molecular flexibility index (Phi) is 1.48. The van der Waals surface area contributed by atoms with E-state index >= 15 is 0 Å². The largest absolute Gasteiger partial charge is 0.471 e. The topological polar surface area (TPSA) is 34.1 Å². The molecular formula is C8H8N2O. The Morgan fingerprint density at radius 2 is 2.45 bits per heavy atom. The molecule has 0 fully saturated rings. The SMILES string of the molecule is C1=COC(c2ccccn2)N1. The minimum absolute atomic E-state index is 0.101.